The zero-order chi connectivity index (χ0) is 16.9. The van der Waals surface area contributed by atoms with E-state index in [0.29, 0.717) is 5.57 Å². The predicted molar refractivity (Wildman–Crippen MR) is 84.6 cm³/mol. The third kappa shape index (κ3) is 4.90. The average Bonchev–Trinajstić information content (AvgIpc) is 2.84. The van der Waals surface area contributed by atoms with Crippen molar-refractivity contribution < 1.29 is 13.2 Å². The zero-order valence-electron chi connectivity index (χ0n) is 13.6. The van der Waals surface area contributed by atoms with Crippen molar-refractivity contribution in [3.05, 3.63) is 47.8 Å². The van der Waals surface area contributed by atoms with Crippen LogP contribution in [0.3, 0.4) is 0 Å². The molecule has 0 spiro atoms. The quantitative estimate of drug-likeness (QED) is 0.642. The molecule has 0 amide bonds. The fraction of sp³-hybridized carbons (Fsp3) is 0.471. The third-order valence-electron chi connectivity index (χ3n) is 3.15. The van der Waals surface area contributed by atoms with Crippen molar-refractivity contribution in [3.63, 3.8) is 0 Å². The lowest BCUT2D eigenvalue weighted by Crippen LogP contribution is -2.22. The SMILES string of the molecule is C=C(/C=C\CC/C(F)=C(/F)CF)c1nn(C(C)(C)C)cc1C. The summed E-state index contributed by atoms with van der Waals surface area (Å²) in [6.45, 7) is 10.7. The van der Waals surface area contributed by atoms with E-state index in [1.54, 1.807) is 12.2 Å². The van der Waals surface area contributed by atoms with Crippen molar-refractivity contribution in [1.82, 2.24) is 9.78 Å². The molecule has 22 heavy (non-hydrogen) atoms. The van der Waals surface area contributed by atoms with Gasteiger partial charge in [0, 0.05) is 12.6 Å². The van der Waals surface area contributed by atoms with Gasteiger partial charge in [-0.05, 0) is 45.3 Å². The van der Waals surface area contributed by atoms with Crippen molar-refractivity contribution in [2.45, 2.75) is 46.1 Å². The Labute approximate surface area is 130 Å². The number of halogens is 3. The molecule has 0 aliphatic carbocycles. The van der Waals surface area contributed by atoms with Crippen molar-refractivity contribution in [2.75, 3.05) is 6.67 Å². The Morgan fingerprint density at radius 1 is 1.32 bits per heavy atom. The van der Waals surface area contributed by atoms with Crippen LogP contribution in [0.5, 0.6) is 0 Å². The third-order valence-corrected chi connectivity index (χ3v) is 3.15. The molecule has 1 aromatic rings. The minimum absolute atomic E-state index is 0.120. The van der Waals surface area contributed by atoms with Crippen LogP contribution in [-0.2, 0) is 5.54 Å². The molecule has 0 atom stereocenters. The fourth-order valence-electron chi connectivity index (χ4n) is 1.84. The van der Waals surface area contributed by atoms with Crippen LogP contribution in [0.2, 0.25) is 0 Å². The van der Waals surface area contributed by atoms with Gasteiger partial charge in [-0.3, -0.25) is 4.68 Å². The Hall–Kier alpha value is -1.78. The van der Waals surface area contributed by atoms with E-state index in [-0.39, 0.29) is 18.4 Å². The smallest absolute Gasteiger partial charge is 0.162 e. The van der Waals surface area contributed by atoms with Crippen LogP contribution in [0, 0.1) is 6.92 Å². The number of alkyl halides is 1. The van der Waals surface area contributed by atoms with E-state index in [2.05, 4.69) is 32.4 Å². The highest BCUT2D eigenvalue weighted by Crippen LogP contribution is 2.22. The van der Waals surface area contributed by atoms with E-state index in [4.69, 9.17) is 0 Å². The number of hydrogen-bond donors (Lipinski definition) is 0. The second-order valence-electron chi connectivity index (χ2n) is 6.19. The summed E-state index contributed by atoms with van der Waals surface area (Å²) in [5.41, 5.74) is 2.36. The van der Waals surface area contributed by atoms with Crippen LogP contribution in [-0.4, -0.2) is 16.5 Å². The van der Waals surface area contributed by atoms with Gasteiger partial charge in [0.2, 0.25) is 0 Å². The number of aromatic nitrogens is 2. The largest absolute Gasteiger partial charge is 0.267 e. The molecule has 1 rings (SSSR count). The van der Waals surface area contributed by atoms with Crippen LogP contribution in [0.15, 0.2) is 36.6 Å². The van der Waals surface area contributed by atoms with Crippen molar-refractivity contribution >= 4 is 5.57 Å². The highest BCUT2D eigenvalue weighted by molar-refractivity contribution is 5.71. The zero-order valence-corrected chi connectivity index (χ0v) is 13.6. The molecule has 0 radical (unpaired) electrons. The molecular formula is C17H23F3N2. The molecule has 0 fully saturated rings. The summed E-state index contributed by atoms with van der Waals surface area (Å²) < 4.78 is 39.4. The Morgan fingerprint density at radius 3 is 2.45 bits per heavy atom. The molecule has 122 valence electrons. The first-order valence-electron chi connectivity index (χ1n) is 7.18. The normalized spacial score (nSPS) is 13.6. The van der Waals surface area contributed by atoms with Gasteiger partial charge in [0.15, 0.2) is 5.83 Å². The first-order valence-corrected chi connectivity index (χ1v) is 7.18. The van der Waals surface area contributed by atoms with E-state index < -0.39 is 18.3 Å². The van der Waals surface area contributed by atoms with Crippen molar-refractivity contribution in [3.8, 4) is 0 Å². The molecule has 5 heteroatoms. The molecule has 0 aromatic carbocycles. The number of aryl methyl sites for hydroxylation is 1. The summed E-state index contributed by atoms with van der Waals surface area (Å²) in [6, 6.07) is 0. The van der Waals surface area contributed by atoms with Gasteiger partial charge in [0.1, 0.15) is 12.5 Å². The Morgan fingerprint density at radius 2 is 1.95 bits per heavy atom. The van der Waals surface area contributed by atoms with Gasteiger partial charge < -0.3 is 0 Å². The van der Waals surface area contributed by atoms with Gasteiger partial charge in [-0.2, -0.15) is 5.10 Å². The molecule has 0 aliphatic heterocycles. The van der Waals surface area contributed by atoms with Gasteiger partial charge in [0.25, 0.3) is 0 Å². The Balaban J connectivity index is 2.70. The van der Waals surface area contributed by atoms with Crippen LogP contribution in [0.1, 0.15) is 44.9 Å². The molecule has 1 heterocycles. The molecule has 0 saturated heterocycles. The first kappa shape index (κ1) is 18.3. The molecule has 0 bridgehead atoms. The minimum Gasteiger partial charge on any atom is -0.267 e. The van der Waals surface area contributed by atoms with Crippen molar-refractivity contribution in [2.24, 2.45) is 0 Å². The van der Waals surface area contributed by atoms with Gasteiger partial charge in [0.05, 0.1) is 11.2 Å². The topological polar surface area (TPSA) is 17.8 Å². The van der Waals surface area contributed by atoms with Crippen LogP contribution in [0.25, 0.3) is 5.57 Å². The molecule has 2 nitrogen and oxygen atoms in total. The molecular weight excluding hydrogens is 289 g/mol. The van der Waals surface area contributed by atoms with E-state index in [0.717, 1.165) is 11.3 Å². The highest BCUT2D eigenvalue weighted by atomic mass is 19.2. The highest BCUT2D eigenvalue weighted by Gasteiger charge is 2.16. The summed E-state index contributed by atoms with van der Waals surface area (Å²) in [5, 5.41) is 4.51. The molecule has 0 N–H and O–H groups in total. The summed E-state index contributed by atoms with van der Waals surface area (Å²) >= 11 is 0. The maximum atomic E-state index is 13.0. The molecule has 0 saturated carbocycles. The maximum absolute atomic E-state index is 13.0. The lowest BCUT2D eigenvalue weighted by atomic mass is 10.1. The van der Waals surface area contributed by atoms with Gasteiger partial charge in [-0.15, -0.1) is 0 Å². The van der Waals surface area contributed by atoms with Crippen LogP contribution in [0.4, 0.5) is 13.2 Å². The molecule has 1 aromatic heterocycles. The Bertz CT molecular complexity index is 590. The summed E-state index contributed by atoms with van der Waals surface area (Å²) in [6.07, 6.45) is 5.48. The van der Waals surface area contributed by atoms with Crippen LogP contribution >= 0.6 is 0 Å². The van der Waals surface area contributed by atoms with Gasteiger partial charge in [-0.25, -0.2) is 13.2 Å². The molecule has 0 aliphatic rings. The molecule has 0 unspecified atom stereocenters. The lowest BCUT2D eigenvalue weighted by molar-refractivity contribution is 0.355. The first-order chi connectivity index (χ1) is 10.2. The van der Waals surface area contributed by atoms with Gasteiger partial charge >= 0.3 is 0 Å². The van der Waals surface area contributed by atoms with E-state index in [9.17, 15) is 13.2 Å². The van der Waals surface area contributed by atoms with Crippen LogP contribution < -0.4 is 0 Å². The Kier molecular flexibility index (Phi) is 6.21. The van der Waals surface area contributed by atoms with E-state index in [1.807, 2.05) is 17.8 Å². The standard InChI is InChI=1S/C17H23F3N2/c1-12(8-6-7-9-14(19)15(20)10-18)16-13(2)11-22(21-16)17(3,4)5/h6,8,11H,1,7,9-10H2,2-5H3/b8-6-,15-14-. The average molecular weight is 312 g/mol. The monoisotopic (exact) mass is 312 g/mol. The predicted octanol–water partition coefficient (Wildman–Crippen LogP) is 5.42. The van der Waals surface area contributed by atoms with E-state index >= 15 is 0 Å². The number of hydrogen-bond acceptors (Lipinski definition) is 1. The summed E-state index contributed by atoms with van der Waals surface area (Å²) in [5.74, 6) is -2.36. The second kappa shape index (κ2) is 7.47. The van der Waals surface area contributed by atoms with Gasteiger partial charge in [-0.1, -0.05) is 18.7 Å². The second-order valence-corrected chi connectivity index (χ2v) is 6.19. The number of nitrogens with zero attached hydrogens (tertiary/aromatic N) is 2. The number of allylic oxidation sites excluding steroid dienone is 5. The fourth-order valence-corrected chi connectivity index (χ4v) is 1.84. The van der Waals surface area contributed by atoms with E-state index in [1.165, 1.54) is 0 Å². The lowest BCUT2D eigenvalue weighted by Gasteiger charge is -2.18. The number of rotatable bonds is 6. The minimum atomic E-state index is -1.40. The summed E-state index contributed by atoms with van der Waals surface area (Å²) in [4.78, 5) is 0. The van der Waals surface area contributed by atoms with Crippen molar-refractivity contribution in [1.29, 1.82) is 0 Å². The maximum Gasteiger partial charge on any atom is 0.162 e. The summed E-state index contributed by atoms with van der Waals surface area (Å²) in [7, 11) is 0.